The predicted molar refractivity (Wildman–Crippen MR) is 120 cm³/mol. The molecule has 0 unspecified atom stereocenters. The molecule has 3 aromatic heterocycles. The molecule has 154 valence electrons. The molecule has 0 aliphatic heterocycles. The van der Waals surface area contributed by atoms with Gasteiger partial charge in [0, 0.05) is 29.2 Å². The van der Waals surface area contributed by atoms with Crippen LogP contribution < -0.4 is 10.5 Å². The highest BCUT2D eigenvalue weighted by atomic mass is 32.2. The second-order valence-corrected chi connectivity index (χ2v) is 9.70. The van der Waals surface area contributed by atoms with E-state index in [1.807, 2.05) is 49.0 Å². The summed E-state index contributed by atoms with van der Waals surface area (Å²) in [4.78, 5) is 19.1. The number of thiophene rings is 1. The molecule has 0 saturated carbocycles. The maximum Gasteiger partial charge on any atom is 0.267 e. The van der Waals surface area contributed by atoms with Crippen LogP contribution in [-0.2, 0) is 15.8 Å². The molecule has 1 amide bonds. The number of benzene rings is 1. The van der Waals surface area contributed by atoms with E-state index in [2.05, 4.69) is 10.3 Å². The van der Waals surface area contributed by atoms with Crippen molar-refractivity contribution < 1.29 is 13.2 Å². The Morgan fingerprint density at radius 2 is 1.83 bits per heavy atom. The van der Waals surface area contributed by atoms with Crippen LogP contribution >= 0.6 is 11.3 Å². The zero-order valence-electron chi connectivity index (χ0n) is 16.4. The van der Waals surface area contributed by atoms with Crippen molar-refractivity contribution in [2.45, 2.75) is 19.6 Å². The van der Waals surface area contributed by atoms with Gasteiger partial charge in [0.1, 0.15) is 9.71 Å². The van der Waals surface area contributed by atoms with Crippen LogP contribution in [0.4, 0.5) is 5.69 Å². The van der Waals surface area contributed by atoms with Crippen LogP contribution in [0.15, 0.2) is 54.9 Å². The van der Waals surface area contributed by atoms with Crippen molar-refractivity contribution in [1.29, 1.82) is 0 Å². The molecule has 7 nitrogen and oxygen atoms in total. The number of aryl methyl sites for hydroxylation is 2. The van der Waals surface area contributed by atoms with Gasteiger partial charge in [0.05, 0.1) is 11.4 Å². The summed E-state index contributed by atoms with van der Waals surface area (Å²) >= 11 is 1.35. The van der Waals surface area contributed by atoms with Crippen molar-refractivity contribution in [3.63, 3.8) is 0 Å². The van der Waals surface area contributed by atoms with Gasteiger partial charge in [-0.15, -0.1) is 11.3 Å². The van der Waals surface area contributed by atoms with Gasteiger partial charge in [0.15, 0.2) is 0 Å². The van der Waals surface area contributed by atoms with Gasteiger partial charge in [0.25, 0.3) is 5.91 Å². The topological polar surface area (TPSA) is 107 Å². The normalized spacial score (nSPS) is 11.7. The maximum atomic E-state index is 13.2. The number of rotatable bonds is 5. The zero-order chi connectivity index (χ0) is 21.5. The summed E-state index contributed by atoms with van der Waals surface area (Å²) in [6.07, 6.45) is 3.80. The number of carbonyl (C=O) groups is 1. The third kappa shape index (κ3) is 4.13. The number of anilines is 1. The van der Waals surface area contributed by atoms with Gasteiger partial charge in [-0.25, -0.2) is 18.5 Å². The molecule has 30 heavy (non-hydrogen) atoms. The number of hydrogen-bond donors (Lipinski definition) is 2. The molecule has 0 bridgehead atoms. The summed E-state index contributed by atoms with van der Waals surface area (Å²) < 4.78 is 24.4. The Bertz CT molecular complexity index is 1340. The molecule has 0 atom stereocenters. The fourth-order valence-corrected chi connectivity index (χ4v) is 5.26. The van der Waals surface area contributed by atoms with E-state index in [1.54, 1.807) is 24.3 Å². The molecule has 0 radical (unpaired) electrons. The van der Waals surface area contributed by atoms with Gasteiger partial charge >= 0.3 is 0 Å². The second-order valence-electron chi connectivity index (χ2n) is 7.09. The van der Waals surface area contributed by atoms with E-state index in [0.29, 0.717) is 16.1 Å². The second kappa shape index (κ2) is 7.67. The number of pyridine rings is 1. The Balaban J connectivity index is 1.71. The fourth-order valence-electron chi connectivity index (χ4n) is 3.41. The van der Waals surface area contributed by atoms with Crippen LogP contribution in [0.2, 0.25) is 0 Å². The predicted octanol–water partition coefficient (Wildman–Crippen LogP) is 3.74. The number of hydrogen-bond acceptors (Lipinski definition) is 5. The Morgan fingerprint density at radius 1 is 1.17 bits per heavy atom. The summed E-state index contributed by atoms with van der Waals surface area (Å²) in [6, 6.07) is 12.4. The summed E-state index contributed by atoms with van der Waals surface area (Å²) in [5.74, 6) is -0.502. The molecule has 0 aliphatic rings. The van der Waals surface area contributed by atoms with Gasteiger partial charge in [-0.1, -0.05) is 12.1 Å². The van der Waals surface area contributed by atoms with Crippen LogP contribution in [-0.4, -0.2) is 23.9 Å². The summed E-state index contributed by atoms with van der Waals surface area (Å²) in [7, 11) is -3.60. The quantitative estimate of drug-likeness (QED) is 0.493. The molecule has 0 spiro atoms. The summed E-state index contributed by atoms with van der Waals surface area (Å²) in [5, 5.41) is 8.93. The van der Waals surface area contributed by atoms with E-state index in [0.717, 1.165) is 27.2 Å². The zero-order valence-corrected chi connectivity index (χ0v) is 18.0. The molecule has 4 aromatic rings. The van der Waals surface area contributed by atoms with Crippen LogP contribution in [0.5, 0.6) is 0 Å². The lowest BCUT2D eigenvalue weighted by Gasteiger charge is -2.09. The highest BCUT2D eigenvalue weighted by molar-refractivity contribution is 7.88. The average molecular weight is 441 g/mol. The van der Waals surface area contributed by atoms with E-state index in [-0.39, 0.29) is 11.7 Å². The smallest absolute Gasteiger partial charge is 0.267 e. The molecule has 0 saturated heterocycles. The molecule has 4 rings (SSSR count). The lowest BCUT2D eigenvalue weighted by Crippen LogP contribution is -2.15. The van der Waals surface area contributed by atoms with Crippen molar-refractivity contribution >= 4 is 43.2 Å². The lowest BCUT2D eigenvalue weighted by atomic mass is 10.1. The summed E-state index contributed by atoms with van der Waals surface area (Å²) in [5.41, 5.74) is 3.88. The number of nitrogens with two attached hydrogens (primary N) is 1. The number of sulfonamides is 1. The highest BCUT2D eigenvalue weighted by Gasteiger charge is 2.22. The fraction of sp³-hybridized carbons (Fsp3) is 0.143. The van der Waals surface area contributed by atoms with Crippen molar-refractivity contribution in [2.75, 3.05) is 5.32 Å². The van der Waals surface area contributed by atoms with Gasteiger partial charge < -0.3 is 9.88 Å². The molecule has 0 fully saturated rings. The first-order valence-electron chi connectivity index (χ1n) is 9.16. The number of amides is 1. The monoisotopic (exact) mass is 440 g/mol. The molecule has 9 heteroatoms. The first kappa shape index (κ1) is 20.3. The largest absolute Gasteiger partial charge is 0.322 e. The van der Waals surface area contributed by atoms with Crippen molar-refractivity contribution in [1.82, 2.24) is 9.55 Å². The third-order valence-electron chi connectivity index (χ3n) is 4.61. The van der Waals surface area contributed by atoms with Crippen LogP contribution in [0.1, 0.15) is 26.5 Å². The van der Waals surface area contributed by atoms with Gasteiger partial charge in [-0.05, 0) is 55.3 Å². The minimum absolute atomic E-state index is 0.250. The number of nitrogens with one attached hydrogen (secondary N) is 1. The summed E-state index contributed by atoms with van der Waals surface area (Å²) in [6.45, 7) is 3.95. The van der Waals surface area contributed by atoms with Crippen LogP contribution in [0, 0.1) is 13.8 Å². The third-order valence-corrected chi connectivity index (χ3v) is 6.42. The lowest BCUT2D eigenvalue weighted by molar-refractivity contribution is 0.103. The van der Waals surface area contributed by atoms with Crippen LogP contribution in [0.25, 0.3) is 15.9 Å². The van der Waals surface area contributed by atoms with E-state index in [1.165, 1.54) is 11.3 Å². The molecule has 3 N–H and O–H groups in total. The van der Waals surface area contributed by atoms with Crippen molar-refractivity contribution in [3.05, 3.63) is 76.6 Å². The number of carbonyl (C=O) groups excluding carboxylic acids is 1. The Hall–Kier alpha value is -3.01. The Morgan fingerprint density at radius 3 is 2.47 bits per heavy atom. The number of nitrogens with zero attached hydrogens (tertiary/aromatic N) is 2. The maximum absolute atomic E-state index is 13.2. The van der Waals surface area contributed by atoms with Crippen molar-refractivity contribution in [3.8, 4) is 5.69 Å². The average Bonchev–Trinajstić information content (AvgIpc) is 3.29. The number of fused-ring (bicyclic) bond motifs is 1. The van der Waals surface area contributed by atoms with Gasteiger partial charge in [0.2, 0.25) is 10.0 Å². The molecule has 0 aliphatic carbocycles. The molecule has 1 aromatic carbocycles. The Labute approximate surface area is 178 Å². The standard InChI is InChI=1S/C21H20N4O3S2/c1-13-11-14(2)23-21-17(13)18(25-9-3-4-10-25)19(29-21)20(26)24-16-7-5-15(6-8-16)12-30(22,27)28/h3-11H,12H2,1-2H3,(H,24,26)(H2,22,27,28). The molecule has 3 heterocycles. The van der Waals surface area contributed by atoms with Crippen LogP contribution in [0.3, 0.4) is 0 Å². The first-order valence-corrected chi connectivity index (χ1v) is 11.7. The highest BCUT2D eigenvalue weighted by Crippen LogP contribution is 2.36. The van der Waals surface area contributed by atoms with Gasteiger partial charge in [-0.3, -0.25) is 4.79 Å². The number of aromatic nitrogens is 2. The molecular weight excluding hydrogens is 420 g/mol. The SMILES string of the molecule is Cc1cc(C)c2c(-n3cccc3)c(C(=O)Nc3ccc(CS(N)(=O)=O)cc3)sc2n1. The van der Waals surface area contributed by atoms with Gasteiger partial charge in [-0.2, -0.15) is 0 Å². The first-order chi connectivity index (χ1) is 14.2. The van der Waals surface area contributed by atoms with Crippen molar-refractivity contribution in [2.24, 2.45) is 5.14 Å². The van der Waals surface area contributed by atoms with E-state index in [4.69, 9.17) is 5.14 Å². The van der Waals surface area contributed by atoms with E-state index < -0.39 is 10.0 Å². The van der Waals surface area contributed by atoms with E-state index in [9.17, 15) is 13.2 Å². The Kier molecular flexibility index (Phi) is 5.19. The minimum Gasteiger partial charge on any atom is -0.322 e. The minimum atomic E-state index is -3.60. The molecular formula is C21H20N4O3S2. The number of primary sulfonamides is 1. The van der Waals surface area contributed by atoms with E-state index >= 15 is 0 Å².